The maximum atomic E-state index is 13.4. The van der Waals surface area contributed by atoms with Gasteiger partial charge in [-0.1, -0.05) is 6.07 Å². The van der Waals surface area contributed by atoms with Gasteiger partial charge in [-0.05, 0) is 30.5 Å². The van der Waals surface area contributed by atoms with Crippen LogP contribution < -0.4 is 9.62 Å². The Kier molecular flexibility index (Phi) is 7.88. The number of carboxylic acids is 1. The number of nitrogens with one attached hydrogen (secondary N) is 1. The van der Waals surface area contributed by atoms with Gasteiger partial charge in [0.2, 0.25) is 10.0 Å². The molecule has 208 valence electrons. The molecule has 0 saturated carbocycles. The van der Waals surface area contributed by atoms with Gasteiger partial charge >= 0.3 is 18.2 Å². The Hall–Kier alpha value is -3.33. The molecule has 3 heterocycles. The molecule has 0 radical (unpaired) electrons. The van der Waals surface area contributed by atoms with E-state index in [1.54, 1.807) is 4.90 Å². The number of alkyl halides is 3. The molecular weight excluding hydrogens is 529 g/mol. The van der Waals surface area contributed by atoms with E-state index < -0.39 is 39.7 Å². The second-order valence-electron chi connectivity index (χ2n) is 9.51. The number of rotatable bonds is 6. The Bertz CT molecular complexity index is 1280. The first-order valence-electron chi connectivity index (χ1n) is 12.0. The molecule has 0 spiro atoms. The molecule has 2 fully saturated rings. The minimum atomic E-state index is -4.50. The lowest BCUT2D eigenvalue weighted by molar-refractivity contribution is -0.142. The number of hydrogen-bond acceptors (Lipinski definition) is 7. The Morgan fingerprint density at radius 2 is 1.74 bits per heavy atom. The van der Waals surface area contributed by atoms with Crippen molar-refractivity contribution in [3.05, 3.63) is 41.6 Å². The Labute approximate surface area is 217 Å². The van der Waals surface area contributed by atoms with Crippen molar-refractivity contribution in [2.45, 2.75) is 25.6 Å². The topological polar surface area (TPSA) is 128 Å². The van der Waals surface area contributed by atoms with Crippen LogP contribution in [0.4, 0.5) is 29.5 Å². The van der Waals surface area contributed by atoms with Gasteiger partial charge in [-0.25, -0.2) is 13.2 Å². The molecule has 11 nitrogen and oxygen atoms in total. The minimum Gasteiger partial charge on any atom is -0.481 e. The fourth-order valence-corrected chi connectivity index (χ4v) is 5.18. The number of aliphatic carboxylic acids is 1. The molecule has 0 bridgehead atoms. The van der Waals surface area contributed by atoms with E-state index in [2.05, 4.69) is 9.82 Å². The first-order valence-corrected chi connectivity index (χ1v) is 13.9. The molecule has 1 aromatic carbocycles. The summed E-state index contributed by atoms with van der Waals surface area (Å²) in [4.78, 5) is 29.5. The van der Waals surface area contributed by atoms with E-state index in [4.69, 9.17) is 0 Å². The number of hydrogen-bond donors (Lipinski definition) is 2. The predicted molar refractivity (Wildman–Crippen MR) is 132 cm³/mol. The summed E-state index contributed by atoms with van der Waals surface area (Å²) in [5.74, 6) is -1.36. The quantitative estimate of drug-likeness (QED) is 0.553. The first-order chi connectivity index (χ1) is 17.8. The number of sulfonamides is 1. The van der Waals surface area contributed by atoms with Crippen LogP contribution in [0.15, 0.2) is 30.5 Å². The van der Waals surface area contributed by atoms with Gasteiger partial charge in [0.15, 0.2) is 5.82 Å². The summed E-state index contributed by atoms with van der Waals surface area (Å²) in [7, 11) is -3.53. The summed E-state index contributed by atoms with van der Waals surface area (Å²) in [5, 5.41) is 13.2. The van der Waals surface area contributed by atoms with Crippen LogP contribution in [0.25, 0.3) is 0 Å². The number of carbonyl (C=O) groups is 2. The van der Waals surface area contributed by atoms with Crippen LogP contribution in [0.2, 0.25) is 0 Å². The van der Waals surface area contributed by atoms with Gasteiger partial charge in [-0.15, -0.1) is 5.10 Å². The standard InChI is InChI=1S/C23H29F3N6O5S/c1-38(36,37)28-20-6-9-32(27-20)22(35)31-12-10-29(11-13-31)15-17-2-3-18(23(24,25)26)14-19(17)30-7-4-16(5-8-30)21(33)34/h2-3,6,9,14,16H,4-5,7-8,10-13,15H2,1H3,(H,27,28)(H,33,34). The Morgan fingerprint density at radius 1 is 1.08 bits per heavy atom. The van der Waals surface area contributed by atoms with Crippen molar-refractivity contribution in [1.82, 2.24) is 19.6 Å². The van der Waals surface area contributed by atoms with Gasteiger partial charge in [-0.3, -0.25) is 14.4 Å². The van der Waals surface area contributed by atoms with Gasteiger partial charge in [0.05, 0.1) is 17.7 Å². The highest BCUT2D eigenvalue weighted by molar-refractivity contribution is 7.92. The lowest BCUT2D eigenvalue weighted by Gasteiger charge is -2.37. The maximum absolute atomic E-state index is 13.4. The molecule has 2 aliphatic heterocycles. The summed E-state index contributed by atoms with van der Waals surface area (Å²) >= 11 is 0. The molecule has 15 heteroatoms. The van der Waals surface area contributed by atoms with E-state index >= 15 is 0 Å². The Morgan fingerprint density at radius 3 is 2.32 bits per heavy atom. The summed E-state index contributed by atoms with van der Waals surface area (Å²) in [6.07, 6.45) is -1.43. The fourth-order valence-electron chi connectivity index (χ4n) is 4.69. The average Bonchev–Trinajstić information content (AvgIpc) is 3.30. The molecule has 38 heavy (non-hydrogen) atoms. The Balaban J connectivity index is 1.42. The normalized spacial score (nSPS) is 18.0. The van der Waals surface area contributed by atoms with Gasteiger partial charge < -0.3 is 14.9 Å². The zero-order chi connectivity index (χ0) is 27.7. The van der Waals surface area contributed by atoms with Gasteiger partial charge in [0.1, 0.15) is 0 Å². The fraction of sp³-hybridized carbons (Fsp3) is 0.522. The number of aromatic nitrogens is 2. The third-order valence-corrected chi connectivity index (χ3v) is 7.29. The van der Waals surface area contributed by atoms with Crippen molar-refractivity contribution in [3.8, 4) is 0 Å². The van der Waals surface area contributed by atoms with Crippen LogP contribution >= 0.6 is 0 Å². The molecule has 2 saturated heterocycles. The van der Waals surface area contributed by atoms with E-state index in [1.807, 2.05) is 9.80 Å². The maximum Gasteiger partial charge on any atom is 0.416 e. The second-order valence-corrected chi connectivity index (χ2v) is 11.3. The van der Waals surface area contributed by atoms with Crippen LogP contribution in [0.3, 0.4) is 0 Å². The average molecular weight is 559 g/mol. The van der Waals surface area contributed by atoms with Crippen molar-refractivity contribution < 1.29 is 36.3 Å². The van der Waals surface area contributed by atoms with Crippen LogP contribution in [-0.2, 0) is 27.5 Å². The predicted octanol–water partition coefficient (Wildman–Crippen LogP) is 2.36. The highest BCUT2D eigenvalue weighted by atomic mass is 32.2. The number of halogens is 3. The molecule has 0 aliphatic carbocycles. The molecule has 2 aliphatic rings. The number of benzene rings is 1. The van der Waals surface area contributed by atoms with Gasteiger partial charge in [-0.2, -0.15) is 17.9 Å². The van der Waals surface area contributed by atoms with Crippen LogP contribution in [-0.4, -0.2) is 90.6 Å². The number of nitrogens with zero attached hydrogens (tertiary/aromatic N) is 5. The van der Waals surface area contributed by atoms with E-state index in [1.165, 1.54) is 18.3 Å². The van der Waals surface area contributed by atoms with Crippen molar-refractivity contribution in [2.75, 3.05) is 55.1 Å². The van der Waals surface area contributed by atoms with Crippen molar-refractivity contribution in [2.24, 2.45) is 5.92 Å². The molecule has 0 atom stereocenters. The zero-order valence-electron chi connectivity index (χ0n) is 20.7. The number of piperazine rings is 1. The van der Waals surface area contributed by atoms with E-state index in [-0.39, 0.29) is 5.82 Å². The molecule has 4 rings (SSSR count). The highest BCUT2D eigenvalue weighted by Crippen LogP contribution is 2.35. The monoisotopic (exact) mass is 558 g/mol. The molecule has 1 amide bonds. The third-order valence-electron chi connectivity index (χ3n) is 6.71. The number of anilines is 2. The van der Waals surface area contributed by atoms with Crippen molar-refractivity contribution >= 4 is 33.5 Å². The lowest BCUT2D eigenvalue weighted by atomic mass is 9.95. The minimum absolute atomic E-state index is 0.0294. The van der Waals surface area contributed by atoms with E-state index in [0.717, 1.165) is 23.1 Å². The smallest absolute Gasteiger partial charge is 0.416 e. The summed E-state index contributed by atoms with van der Waals surface area (Å²) in [6, 6.07) is 4.63. The van der Waals surface area contributed by atoms with Gasteiger partial charge in [0.25, 0.3) is 0 Å². The van der Waals surface area contributed by atoms with E-state index in [0.29, 0.717) is 69.9 Å². The summed E-state index contributed by atoms with van der Waals surface area (Å²) in [6.45, 7) is 2.74. The largest absolute Gasteiger partial charge is 0.481 e. The molecule has 1 aromatic heterocycles. The molecule has 0 unspecified atom stereocenters. The molecule has 2 aromatic rings. The van der Waals surface area contributed by atoms with Crippen molar-refractivity contribution in [1.29, 1.82) is 0 Å². The van der Waals surface area contributed by atoms with Crippen LogP contribution in [0.5, 0.6) is 0 Å². The van der Waals surface area contributed by atoms with E-state index in [9.17, 15) is 36.3 Å². The highest BCUT2D eigenvalue weighted by Gasteiger charge is 2.33. The van der Waals surface area contributed by atoms with Crippen LogP contribution in [0, 0.1) is 5.92 Å². The summed E-state index contributed by atoms with van der Waals surface area (Å²) < 4.78 is 66.3. The van der Waals surface area contributed by atoms with Crippen LogP contribution in [0.1, 0.15) is 24.0 Å². The number of carbonyl (C=O) groups excluding carboxylic acids is 1. The first kappa shape index (κ1) is 27.7. The third kappa shape index (κ3) is 6.75. The van der Waals surface area contributed by atoms with Gasteiger partial charge in [0, 0.05) is 63.8 Å². The van der Waals surface area contributed by atoms with Crippen molar-refractivity contribution in [3.63, 3.8) is 0 Å². The summed E-state index contributed by atoms with van der Waals surface area (Å²) in [5.41, 5.74) is 0.399. The SMILES string of the molecule is CS(=O)(=O)Nc1ccn(C(=O)N2CCN(Cc3ccc(C(F)(F)F)cc3N3CCC(C(=O)O)CC3)CC2)n1. The number of piperidine rings is 1. The zero-order valence-corrected chi connectivity index (χ0v) is 21.5. The number of amides is 1. The number of carboxylic acid groups (broad SMARTS) is 1. The molecular formula is C23H29F3N6O5S. The molecule has 2 N–H and O–H groups in total. The lowest BCUT2D eigenvalue weighted by Crippen LogP contribution is -2.49. The second kappa shape index (κ2) is 10.8.